The van der Waals surface area contributed by atoms with Crippen molar-refractivity contribution in [2.24, 2.45) is 0 Å². The molecular weight excluding hydrogens is 292 g/mol. The Hall–Kier alpha value is -2.19. The Morgan fingerprint density at radius 1 is 1.22 bits per heavy atom. The number of ketones is 1. The van der Waals surface area contributed by atoms with Gasteiger partial charge in [0.1, 0.15) is 5.54 Å². The molecule has 0 bridgehead atoms. The third-order valence-corrected chi connectivity index (χ3v) is 4.68. The number of hydrogen-bond donors (Lipinski definition) is 1. The van der Waals surface area contributed by atoms with E-state index >= 15 is 0 Å². The van der Waals surface area contributed by atoms with Crippen molar-refractivity contribution in [3.63, 3.8) is 0 Å². The van der Waals surface area contributed by atoms with Crippen LogP contribution < -0.4 is 5.32 Å². The molecule has 1 N–H and O–H groups in total. The molecule has 0 saturated carbocycles. The molecule has 5 nitrogen and oxygen atoms in total. The molecule has 1 amide bonds. The molecule has 5 heteroatoms. The predicted octanol–water partition coefficient (Wildman–Crippen LogP) is 2.40. The summed E-state index contributed by atoms with van der Waals surface area (Å²) in [5.41, 5.74) is 1.34. The molecule has 23 heavy (non-hydrogen) atoms. The first-order valence-electron chi connectivity index (χ1n) is 8.11. The zero-order chi connectivity index (χ0) is 16.3. The summed E-state index contributed by atoms with van der Waals surface area (Å²) in [6.07, 6.45) is 4.25. The number of amides is 1. The summed E-state index contributed by atoms with van der Waals surface area (Å²) in [6, 6.07) is 7.47. The monoisotopic (exact) mass is 312 g/mol. The molecule has 1 aliphatic carbocycles. The molecule has 0 aromatic heterocycles. The first-order chi connectivity index (χ1) is 11.1. The number of Topliss-reactive ketones (excluding diaryl/α,β-unsaturated/α-hetero) is 1. The molecule has 1 saturated heterocycles. The van der Waals surface area contributed by atoms with E-state index in [9.17, 15) is 14.9 Å². The number of hydrogen-bond acceptors (Lipinski definition) is 4. The Kier molecular flexibility index (Phi) is 4.44. The number of nitrogens with one attached hydrogen (secondary N) is 1. The second kappa shape index (κ2) is 6.51. The lowest BCUT2D eigenvalue weighted by Crippen LogP contribution is -2.50. The highest BCUT2D eigenvalue weighted by Crippen LogP contribution is 2.24. The molecule has 0 unspecified atom stereocenters. The maximum atomic E-state index is 12.5. The number of rotatable bonds is 2. The maximum Gasteiger partial charge on any atom is 0.252 e. The number of carbonyl (C=O) groups excluding carboxylic acids is 2. The number of carbonyl (C=O) groups is 2. The average Bonchev–Trinajstić information content (AvgIpc) is 2.77. The first-order valence-corrected chi connectivity index (χ1v) is 8.11. The minimum Gasteiger partial charge on any atom is -0.381 e. The van der Waals surface area contributed by atoms with Crippen LogP contribution in [0, 0.1) is 11.3 Å². The van der Waals surface area contributed by atoms with E-state index in [1.807, 2.05) is 0 Å². The Morgan fingerprint density at radius 3 is 2.70 bits per heavy atom. The minimum atomic E-state index is -0.849. The molecule has 0 radical (unpaired) electrons. The van der Waals surface area contributed by atoms with Crippen molar-refractivity contribution >= 4 is 11.7 Å². The normalized spacial score (nSPS) is 20.0. The number of fused-ring (bicyclic) bond motifs is 1. The lowest BCUT2D eigenvalue weighted by atomic mass is 9.91. The summed E-state index contributed by atoms with van der Waals surface area (Å²) in [7, 11) is 0. The fraction of sp³-hybridized carbons (Fsp3) is 0.500. The van der Waals surface area contributed by atoms with Gasteiger partial charge < -0.3 is 10.1 Å². The standard InChI is InChI=1S/C18H20N2O3/c19-12-18(7-9-23-10-8-18)20-17(22)14-5-6-15-13(11-14)3-1-2-4-16(15)21/h5-6,11H,1-4,7-10H2,(H,20,22). The van der Waals surface area contributed by atoms with Crippen LogP contribution in [-0.2, 0) is 11.2 Å². The summed E-state index contributed by atoms with van der Waals surface area (Å²) in [5.74, 6) is -0.102. The van der Waals surface area contributed by atoms with Crippen LogP contribution >= 0.6 is 0 Å². The van der Waals surface area contributed by atoms with Crippen LogP contribution in [0.25, 0.3) is 0 Å². The second-order valence-electron chi connectivity index (χ2n) is 6.26. The van der Waals surface area contributed by atoms with Crippen molar-refractivity contribution in [1.29, 1.82) is 5.26 Å². The zero-order valence-corrected chi connectivity index (χ0v) is 13.1. The molecule has 3 rings (SSSR count). The van der Waals surface area contributed by atoms with E-state index in [2.05, 4.69) is 11.4 Å². The van der Waals surface area contributed by atoms with Crippen LogP contribution in [0.1, 0.15) is 58.4 Å². The first kappa shape index (κ1) is 15.7. The number of benzene rings is 1. The van der Waals surface area contributed by atoms with Gasteiger partial charge in [-0.2, -0.15) is 5.26 Å². The Balaban J connectivity index is 1.81. The molecule has 2 aliphatic rings. The van der Waals surface area contributed by atoms with Gasteiger partial charge in [-0.15, -0.1) is 0 Å². The fourth-order valence-corrected chi connectivity index (χ4v) is 3.22. The van der Waals surface area contributed by atoms with Gasteiger partial charge in [-0.1, -0.05) is 6.07 Å². The molecule has 0 atom stereocenters. The van der Waals surface area contributed by atoms with Crippen LogP contribution in [0.15, 0.2) is 18.2 Å². The molecule has 0 spiro atoms. The smallest absolute Gasteiger partial charge is 0.252 e. The molecule has 120 valence electrons. The van der Waals surface area contributed by atoms with Gasteiger partial charge in [-0.05, 0) is 37.0 Å². The SMILES string of the molecule is N#CC1(NC(=O)c2ccc3c(c2)CCCCC3=O)CCOCC1. The molecular formula is C18H20N2O3. The number of ether oxygens (including phenoxy) is 1. The van der Waals surface area contributed by atoms with Crippen molar-refractivity contribution in [1.82, 2.24) is 5.32 Å². The summed E-state index contributed by atoms with van der Waals surface area (Å²) in [4.78, 5) is 24.6. The minimum absolute atomic E-state index is 0.155. The van der Waals surface area contributed by atoms with Gasteiger partial charge in [0.05, 0.1) is 6.07 Å². The summed E-state index contributed by atoms with van der Waals surface area (Å²) in [6.45, 7) is 0.957. The lowest BCUT2D eigenvalue weighted by molar-refractivity contribution is 0.0531. The molecule has 1 aliphatic heterocycles. The van der Waals surface area contributed by atoms with E-state index in [1.54, 1.807) is 18.2 Å². The van der Waals surface area contributed by atoms with E-state index in [0.717, 1.165) is 30.4 Å². The van der Waals surface area contributed by atoms with Crippen molar-refractivity contribution in [3.8, 4) is 6.07 Å². The largest absolute Gasteiger partial charge is 0.381 e. The van der Waals surface area contributed by atoms with Gasteiger partial charge in [0, 0.05) is 43.6 Å². The Morgan fingerprint density at radius 2 is 1.96 bits per heavy atom. The summed E-state index contributed by atoms with van der Waals surface area (Å²) < 4.78 is 5.27. The van der Waals surface area contributed by atoms with E-state index < -0.39 is 5.54 Å². The predicted molar refractivity (Wildman–Crippen MR) is 84.2 cm³/mol. The highest BCUT2D eigenvalue weighted by Gasteiger charge is 2.34. The Labute approximate surface area is 135 Å². The van der Waals surface area contributed by atoms with E-state index in [1.165, 1.54) is 0 Å². The Bertz CT molecular complexity index is 669. The van der Waals surface area contributed by atoms with Crippen LogP contribution in [0.2, 0.25) is 0 Å². The van der Waals surface area contributed by atoms with Gasteiger partial charge >= 0.3 is 0 Å². The topological polar surface area (TPSA) is 79.2 Å². The second-order valence-corrected chi connectivity index (χ2v) is 6.26. The van der Waals surface area contributed by atoms with Crippen LogP contribution in [0.5, 0.6) is 0 Å². The van der Waals surface area contributed by atoms with Gasteiger partial charge in [-0.3, -0.25) is 9.59 Å². The number of nitrogens with zero attached hydrogens (tertiary/aromatic N) is 1. The van der Waals surface area contributed by atoms with Crippen molar-refractivity contribution in [2.45, 2.75) is 44.1 Å². The third-order valence-electron chi connectivity index (χ3n) is 4.68. The van der Waals surface area contributed by atoms with E-state index in [0.29, 0.717) is 38.0 Å². The average molecular weight is 312 g/mol. The van der Waals surface area contributed by atoms with Crippen LogP contribution in [0.3, 0.4) is 0 Å². The van der Waals surface area contributed by atoms with E-state index in [-0.39, 0.29) is 11.7 Å². The van der Waals surface area contributed by atoms with Gasteiger partial charge in [-0.25, -0.2) is 0 Å². The molecule has 1 aromatic rings. The molecule has 1 heterocycles. The molecule has 1 aromatic carbocycles. The van der Waals surface area contributed by atoms with Gasteiger partial charge in [0.2, 0.25) is 0 Å². The van der Waals surface area contributed by atoms with Crippen LogP contribution in [-0.4, -0.2) is 30.4 Å². The quantitative estimate of drug-likeness (QED) is 0.850. The van der Waals surface area contributed by atoms with Crippen LogP contribution in [0.4, 0.5) is 0 Å². The summed E-state index contributed by atoms with van der Waals surface area (Å²) >= 11 is 0. The highest BCUT2D eigenvalue weighted by atomic mass is 16.5. The third kappa shape index (κ3) is 3.27. The van der Waals surface area contributed by atoms with Crippen molar-refractivity contribution in [2.75, 3.05) is 13.2 Å². The lowest BCUT2D eigenvalue weighted by Gasteiger charge is -2.31. The van der Waals surface area contributed by atoms with Crippen molar-refractivity contribution < 1.29 is 14.3 Å². The number of aryl methyl sites for hydroxylation is 1. The number of nitriles is 1. The van der Waals surface area contributed by atoms with Crippen molar-refractivity contribution in [3.05, 3.63) is 34.9 Å². The van der Waals surface area contributed by atoms with Gasteiger partial charge in [0.15, 0.2) is 5.78 Å². The highest BCUT2D eigenvalue weighted by molar-refractivity contribution is 6.00. The van der Waals surface area contributed by atoms with Gasteiger partial charge in [0.25, 0.3) is 5.91 Å². The summed E-state index contributed by atoms with van der Waals surface area (Å²) in [5, 5.41) is 12.3. The fourth-order valence-electron chi connectivity index (χ4n) is 3.22. The van der Waals surface area contributed by atoms with E-state index in [4.69, 9.17) is 4.74 Å². The molecule has 1 fully saturated rings. The zero-order valence-electron chi connectivity index (χ0n) is 13.1. The maximum absolute atomic E-state index is 12.5.